The third-order valence-corrected chi connectivity index (χ3v) is 7.49. The largest absolute Gasteiger partial charge is 0.350 e. The molecule has 1 aliphatic heterocycles. The van der Waals surface area contributed by atoms with Gasteiger partial charge in [0.15, 0.2) is 0 Å². The normalized spacial score (nSPS) is 16.4. The monoisotopic (exact) mass is 378 g/mol. The van der Waals surface area contributed by atoms with Gasteiger partial charge in [0.1, 0.15) is 0 Å². The van der Waals surface area contributed by atoms with Crippen LogP contribution in [-0.2, 0) is 23.4 Å². The van der Waals surface area contributed by atoms with Crippen molar-refractivity contribution in [2.45, 2.75) is 58.1 Å². The van der Waals surface area contributed by atoms with Gasteiger partial charge in [0, 0.05) is 28.6 Å². The molecule has 2 heterocycles. The van der Waals surface area contributed by atoms with E-state index in [9.17, 15) is 4.79 Å². The molecule has 0 spiro atoms. The van der Waals surface area contributed by atoms with Crippen molar-refractivity contribution < 1.29 is 4.79 Å². The van der Waals surface area contributed by atoms with Gasteiger partial charge >= 0.3 is 0 Å². The van der Waals surface area contributed by atoms with Crippen LogP contribution in [0.4, 0.5) is 0 Å². The summed E-state index contributed by atoms with van der Waals surface area (Å²) in [5.74, 6) is 1.08. The minimum atomic E-state index is 0.105. The number of nitrogens with zero attached hydrogens (tertiary/aromatic N) is 1. The van der Waals surface area contributed by atoms with Crippen LogP contribution in [-0.4, -0.2) is 37.0 Å². The van der Waals surface area contributed by atoms with E-state index in [4.69, 9.17) is 0 Å². The van der Waals surface area contributed by atoms with Crippen LogP contribution in [0.5, 0.6) is 0 Å². The summed E-state index contributed by atoms with van der Waals surface area (Å²) < 4.78 is 0. The molecule has 0 saturated carbocycles. The van der Waals surface area contributed by atoms with Crippen molar-refractivity contribution in [3.05, 3.63) is 25.8 Å². The zero-order chi connectivity index (χ0) is 17.6. The molecule has 1 aromatic heterocycles. The van der Waals surface area contributed by atoms with Crippen LogP contribution in [0.1, 0.15) is 60.4 Å². The van der Waals surface area contributed by atoms with E-state index in [1.54, 1.807) is 22.2 Å². The number of hydrogen-bond donors (Lipinski definition) is 1. The third kappa shape index (κ3) is 4.69. The Morgan fingerprint density at radius 3 is 2.84 bits per heavy atom. The van der Waals surface area contributed by atoms with Crippen LogP contribution in [0.3, 0.4) is 0 Å². The van der Waals surface area contributed by atoms with E-state index in [2.05, 4.69) is 30.1 Å². The number of unbranched alkanes of at least 4 members (excludes halogenated alkanes) is 1. The van der Waals surface area contributed by atoms with Crippen molar-refractivity contribution in [3.8, 4) is 0 Å². The van der Waals surface area contributed by atoms with Gasteiger partial charge in [0.25, 0.3) is 5.91 Å². The van der Waals surface area contributed by atoms with Crippen LogP contribution in [0, 0.1) is 0 Å². The van der Waals surface area contributed by atoms with Crippen LogP contribution in [0.2, 0.25) is 0 Å². The van der Waals surface area contributed by atoms with Crippen LogP contribution in [0.25, 0.3) is 6.08 Å². The lowest BCUT2D eigenvalue weighted by Gasteiger charge is -2.20. The Labute approximate surface area is 160 Å². The number of fused-ring (bicyclic) bond motifs is 3. The number of hydrogen-bond acceptors (Lipinski definition) is 4. The SMILES string of the molecule is CCCCN(CC)CCNC(=O)C1=Cc2sc3c(c2CS1)CCCC3. The number of thioether (sulfide) groups is 1. The first-order chi connectivity index (χ1) is 12.2. The van der Waals surface area contributed by atoms with E-state index < -0.39 is 0 Å². The Bertz CT molecular complexity index is 636. The molecule has 2 aliphatic rings. The predicted molar refractivity (Wildman–Crippen MR) is 110 cm³/mol. The minimum absolute atomic E-state index is 0.105. The summed E-state index contributed by atoms with van der Waals surface area (Å²) in [7, 11) is 0. The number of nitrogens with one attached hydrogen (secondary N) is 1. The van der Waals surface area contributed by atoms with Crippen LogP contribution in [0.15, 0.2) is 4.91 Å². The summed E-state index contributed by atoms with van der Waals surface area (Å²) in [4.78, 5) is 18.7. The van der Waals surface area contributed by atoms with E-state index in [1.165, 1.54) is 49.0 Å². The first kappa shape index (κ1) is 19.0. The molecular weight excluding hydrogens is 348 g/mol. The minimum Gasteiger partial charge on any atom is -0.350 e. The average Bonchev–Trinajstić information content (AvgIpc) is 3.02. The maximum atomic E-state index is 12.5. The van der Waals surface area contributed by atoms with E-state index >= 15 is 0 Å². The fraction of sp³-hybridized carbons (Fsp3) is 0.650. The molecule has 1 amide bonds. The molecule has 0 unspecified atom stereocenters. The number of carbonyl (C=O) groups excluding carboxylic acids is 1. The first-order valence-electron chi connectivity index (χ1n) is 9.71. The highest BCUT2D eigenvalue weighted by atomic mass is 32.2. The summed E-state index contributed by atoms with van der Waals surface area (Å²) in [5.41, 5.74) is 3.11. The number of amides is 1. The second kappa shape index (κ2) is 9.24. The van der Waals surface area contributed by atoms with Crippen molar-refractivity contribution in [1.29, 1.82) is 0 Å². The summed E-state index contributed by atoms with van der Waals surface area (Å²) >= 11 is 3.63. The fourth-order valence-corrected chi connectivity index (χ4v) is 6.15. The average molecular weight is 379 g/mol. The molecule has 1 aliphatic carbocycles. The standard InChI is InChI=1S/C20H30N2OS2/c1-3-5-11-22(4-2)12-10-21-20(23)19-13-18-16(14-24-19)15-8-6-7-9-17(15)25-18/h13H,3-12,14H2,1-2H3,(H,21,23). The molecule has 1 N–H and O–H groups in total. The zero-order valence-electron chi connectivity index (χ0n) is 15.5. The summed E-state index contributed by atoms with van der Waals surface area (Å²) in [6, 6.07) is 0. The number of carbonyl (C=O) groups is 1. The molecule has 0 aromatic carbocycles. The Hall–Kier alpha value is -0.780. The zero-order valence-corrected chi connectivity index (χ0v) is 17.2. The smallest absolute Gasteiger partial charge is 0.257 e. The van der Waals surface area contributed by atoms with E-state index in [1.807, 2.05) is 11.3 Å². The van der Waals surface area contributed by atoms with Gasteiger partial charge in [-0.3, -0.25) is 4.79 Å². The number of likely N-dealkylation sites (N-methyl/N-ethyl adjacent to an activating group) is 1. The lowest BCUT2D eigenvalue weighted by molar-refractivity contribution is -0.116. The summed E-state index contributed by atoms with van der Waals surface area (Å²) in [6.07, 6.45) is 9.70. The van der Waals surface area contributed by atoms with Gasteiger partial charge in [-0.2, -0.15) is 0 Å². The maximum Gasteiger partial charge on any atom is 0.257 e. The van der Waals surface area contributed by atoms with Gasteiger partial charge in [-0.15, -0.1) is 23.1 Å². The third-order valence-electron chi connectivity index (χ3n) is 5.16. The van der Waals surface area contributed by atoms with E-state index in [0.29, 0.717) is 0 Å². The molecule has 0 atom stereocenters. The molecule has 1 aromatic rings. The van der Waals surface area contributed by atoms with Crippen molar-refractivity contribution in [3.63, 3.8) is 0 Å². The Balaban J connectivity index is 1.55. The number of thiophene rings is 1. The van der Waals surface area contributed by atoms with Gasteiger partial charge < -0.3 is 10.2 Å². The molecule has 3 rings (SSSR count). The maximum absolute atomic E-state index is 12.5. The van der Waals surface area contributed by atoms with E-state index in [-0.39, 0.29) is 5.91 Å². The van der Waals surface area contributed by atoms with Gasteiger partial charge in [-0.05, 0) is 62.4 Å². The molecule has 3 nitrogen and oxygen atoms in total. The number of rotatable bonds is 8. The molecule has 138 valence electrons. The first-order valence-corrected chi connectivity index (χ1v) is 11.5. The van der Waals surface area contributed by atoms with Gasteiger partial charge in [0.05, 0.1) is 4.91 Å². The molecule has 0 bridgehead atoms. The van der Waals surface area contributed by atoms with Crippen LogP contribution >= 0.6 is 23.1 Å². The Morgan fingerprint density at radius 2 is 2.04 bits per heavy atom. The number of aryl methyl sites for hydroxylation is 1. The lowest BCUT2D eigenvalue weighted by Crippen LogP contribution is -2.35. The van der Waals surface area contributed by atoms with Crippen molar-refractivity contribution in [1.82, 2.24) is 10.2 Å². The Kier molecular flexibility index (Phi) is 7.02. The highest BCUT2D eigenvalue weighted by Gasteiger charge is 2.24. The molecule has 25 heavy (non-hydrogen) atoms. The second-order valence-electron chi connectivity index (χ2n) is 6.89. The molecule has 5 heteroatoms. The molecular formula is C20H30N2OS2. The van der Waals surface area contributed by atoms with Crippen molar-refractivity contribution in [2.75, 3.05) is 26.2 Å². The predicted octanol–water partition coefficient (Wildman–Crippen LogP) is 4.45. The Morgan fingerprint density at radius 1 is 1.20 bits per heavy atom. The van der Waals surface area contributed by atoms with Crippen LogP contribution < -0.4 is 5.32 Å². The van der Waals surface area contributed by atoms with Gasteiger partial charge in [0.2, 0.25) is 0 Å². The highest BCUT2D eigenvalue weighted by Crippen LogP contribution is 2.42. The molecule has 0 saturated heterocycles. The summed E-state index contributed by atoms with van der Waals surface area (Å²) in [5, 5.41) is 3.12. The quantitative estimate of drug-likeness (QED) is 0.725. The van der Waals surface area contributed by atoms with Crippen molar-refractivity contribution in [2.24, 2.45) is 0 Å². The molecule has 0 fully saturated rings. The molecule has 0 radical (unpaired) electrons. The fourth-order valence-electron chi connectivity index (χ4n) is 3.59. The van der Waals surface area contributed by atoms with Crippen molar-refractivity contribution >= 4 is 35.1 Å². The topological polar surface area (TPSA) is 32.3 Å². The lowest BCUT2D eigenvalue weighted by atomic mass is 9.95. The van der Waals surface area contributed by atoms with Gasteiger partial charge in [-0.25, -0.2) is 0 Å². The van der Waals surface area contributed by atoms with Gasteiger partial charge in [-0.1, -0.05) is 20.3 Å². The van der Waals surface area contributed by atoms with E-state index in [0.717, 1.165) is 36.8 Å². The summed E-state index contributed by atoms with van der Waals surface area (Å²) in [6.45, 7) is 8.28. The second-order valence-corrected chi connectivity index (χ2v) is 9.05. The highest BCUT2D eigenvalue weighted by molar-refractivity contribution is 8.03.